The molecule has 0 bridgehead atoms. The Bertz CT molecular complexity index is 733. The van der Waals surface area contributed by atoms with Crippen molar-refractivity contribution in [1.82, 2.24) is 4.72 Å². The molecule has 114 valence electrons. The van der Waals surface area contributed by atoms with Crippen LogP contribution < -0.4 is 10.5 Å². The van der Waals surface area contributed by atoms with Crippen LogP contribution in [0.25, 0.3) is 0 Å². The Morgan fingerprint density at radius 1 is 1.48 bits per heavy atom. The molecule has 4 nitrogen and oxygen atoms in total. The van der Waals surface area contributed by atoms with Crippen molar-refractivity contribution < 1.29 is 12.8 Å². The molecular weight excluding hydrogens is 379 g/mol. The van der Waals surface area contributed by atoms with Crippen LogP contribution in [0.3, 0.4) is 0 Å². The van der Waals surface area contributed by atoms with Crippen molar-refractivity contribution >= 4 is 43.0 Å². The summed E-state index contributed by atoms with van der Waals surface area (Å²) in [7, 11) is -3.80. The number of thiophene rings is 1. The summed E-state index contributed by atoms with van der Waals surface area (Å²) in [6.07, 6.45) is 0.583. The quantitative estimate of drug-likeness (QED) is 0.767. The zero-order chi connectivity index (χ0) is 15.6. The fourth-order valence-electron chi connectivity index (χ4n) is 1.88. The highest BCUT2D eigenvalue weighted by atomic mass is 79.9. The van der Waals surface area contributed by atoms with E-state index in [1.54, 1.807) is 18.3 Å². The summed E-state index contributed by atoms with van der Waals surface area (Å²) >= 11 is 4.53. The molecule has 8 heteroatoms. The number of nitrogens with two attached hydrogens (primary N) is 1. The zero-order valence-electron chi connectivity index (χ0n) is 11.1. The van der Waals surface area contributed by atoms with Gasteiger partial charge in [-0.25, -0.2) is 17.5 Å². The number of rotatable bonds is 5. The van der Waals surface area contributed by atoms with Gasteiger partial charge in [0.2, 0.25) is 10.0 Å². The Labute approximate surface area is 135 Å². The highest BCUT2D eigenvalue weighted by molar-refractivity contribution is 9.10. The first-order valence-corrected chi connectivity index (χ1v) is 9.24. The number of nitrogens with one attached hydrogen (secondary N) is 1. The third-order valence-corrected chi connectivity index (χ3v) is 5.94. The molecule has 0 amide bonds. The van der Waals surface area contributed by atoms with E-state index >= 15 is 0 Å². The summed E-state index contributed by atoms with van der Waals surface area (Å²) in [4.78, 5) is 0.951. The van der Waals surface area contributed by atoms with Gasteiger partial charge in [-0.05, 0) is 52.9 Å². The number of nitrogen functional groups attached to an aromatic ring is 1. The summed E-state index contributed by atoms with van der Waals surface area (Å²) < 4.78 is 40.6. The maximum Gasteiger partial charge on any atom is 0.242 e. The predicted octanol–water partition coefficient (Wildman–Crippen LogP) is 3.14. The molecule has 1 unspecified atom stereocenters. The summed E-state index contributed by atoms with van der Waals surface area (Å²) in [5.74, 6) is -0.599. The van der Waals surface area contributed by atoms with Gasteiger partial charge in [0, 0.05) is 10.9 Å². The van der Waals surface area contributed by atoms with E-state index < -0.39 is 15.8 Å². The van der Waals surface area contributed by atoms with Crippen LogP contribution in [0.1, 0.15) is 11.8 Å². The maximum atomic E-state index is 13.3. The Kier molecular flexibility index (Phi) is 5.03. The van der Waals surface area contributed by atoms with Gasteiger partial charge in [0.05, 0.1) is 10.2 Å². The van der Waals surface area contributed by atoms with E-state index in [1.165, 1.54) is 6.07 Å². The summed E-state index contributed by atoms with van der Waals surface area (Å²) in [5, 5.41) is 1.94. The topological polar surface area (TPSA) is 72.2 Å². The molecule has 3 N–H and O–H groups in total. The number of sulfonamides is 1. The van der Waals surface area contributed by atoms with Crippen LogP contribution in [0, 0.1) is 5.82 Å². The van der Waals surface area contributed by atoms with Crippen LogP contribution in [0.4, 0.5) is 10.1 Å². The molecule has 21 heavy (non-hydrogen) atoms. The van der Waals surface area contributed by atoms with Crippen molar-refractivity contribution in [3.8, 4) is 0 Å². The minimum absolute atomic E-state index is 0.0583. The zero-order valence-corrected chi connectivity index (χ0v) is 14.4. The summed E-state index contributed by atoms with van der Waals surface area (Å²) in [5.41, 5.74) is 5.49. The first-order valence-electron chi connectivity index (χ1n) is 6.09. The van der Waals surface area contributed by atoms with E-state index in [2.05, 4.69) is 20.7 Å². The Morgan fingerprint density at radius 3 is 2.81 bits per heavy atom. The normalized spacial score (nSPS) is 13.3. The fraction of sp³-hybridized carbons (Fsp3) is 0.231. The van der Waals surface area contributed by atoms with E-state index in [0.29, 0.717) is 6.42 Å². The summed E-state index contributed by atoms with van der Waals surface area (Å²) in [6.45, 7) is 1.77. The Balaban J connectivity index is 2.20. The van der Waals surface area contributed by atoms with Crippen molar-refractivity contribution in [3.05, 3.63) is 44.8 Å². The molecule has 0 radical (unpaired) electrons. The molecule has 2 aromatic rings. The number of benzene rings is 1. The van der Waals surface area contributed by atoms with Crippen LogP contribution >= 0.6 is 27.3 Å². The number of hydrogen-bond donors (Lipinski definition) is 2. The van der Waals surface area contributed by atoms with Crippen molar-refractivity contribution in [2.75, 3.05) is 5.73 Å². The minimum Gasteiger partial charge on any atom is -0.398 e. The SMILES string of the molecule is CC(Cc1cccs1)NS(=O)(=O)c1cc(Br)c(F)cc1N. The van der Waals surface area contributed by atoms with E-state index in [-0.39, 0.29) is 21.1 Å². The van der Waals surface area contributed by atoms with Gasteiger partial charge in [-0.1, -0.05) is 6.07 Å². The van der Waals surface area contributed by atoms with Crippen LogP contribution in [0.2, 0.25) is 0 Å². The first-order chi connectivity index (χ1) is 9.79. The van der Waals surface area contributed by atoms with Crippen LogP contribution in [-0.2, 0) is 16.4 Å². The molecule has 0 saturated heterocycles. The highest BCUT2D eigenvalue weighted by Gasteiger charge is 2.22. The van der Waals surface area contributed by atoms with Crippen LogP contribution in [-0.4, -0.2) is 14.5 Å². The monoisotopic (exact) mass is 392 g/mol. The minimum atomic E-state index is -3.80. The number of anilines is 1. The average molecular weight is 393 g/mol. The number of hydrogen-bond acceptors (Lipinski definition) is 4. The molecule has 0 spiro atoms. The second kappa shape index (κ2) is 6.43. The maximum absolute atomic E-state index is 13.3. The van der Waals surface area contributed by atoms with E-state index in [4.69, 9.17) is 5.73 Å². The van der Waals surface area contributed by atoms with Crippen LogP contribution in [0.5, 0.6) is 0 Å². The van der Waals surface area contributed by atoms with Gasteiger partial charge >= 0.3 is 0 Å². The smallest absolute Gasteiger partial charge is 0.242 e. The van der Waals surface area contributed by atoms with Gasteiger partial charge < -0.3 is 5.73 Å². The van der Waals surface area contributed by atoms with E-state index in [9.17, 15) is 12.8 Å². The van der Waals surface area contributed by atoms with Gasteiger partial charge in [0.1, 0.15) is 10.7 Å². The average Bonchev–Trinajstić information content (AvgIpc) is 2.85. The lowest BCUT2D eigenvalue weighted by Crippen LogP contribution is -2.34. The Morgan fingerprint density at radius 2 is 2.19 bits per heavy atom. The molecule has 0 aliphatic rings. The molecule has 0 saturated carbocycles. The third-order valence-electron chi connectivity index (χ3n) is 2.79. The van der Waals surface area contributed by atoms with Gasteiger partial charge in [-0.2, -0.15) is 0 Å². The lowest BCUT2D eigenvalue weighted by atomic mass is 10.2. The molecule has 1 atom stereocenters. The molecular formula is C13H14BrFN2O2S2. The molecule has 0 fully saturated rings. The molecule has 0 aliphatic carbocycles. The predicted molar refractivity (Wildman–Crippen MR) is 86.3 cm³/mol. The standard InChI is InChI=1S/C13H14BrFN2O2S2/c1-8(5-9-3-2-4-20-9)17-21(18,19)13-6-10(14)11(15)7-12(13)16/h2-4,6-8,17H,5,16H2,1H3. The Hall–Kier alpha value is -0.960. The second-order valence-corrected chi connectivity index (χ2v) is 8.18. The third kappa shape index (κ3) is 4.03. The first kappa shape index (κ1) is 16.4. The van der Waals surface area contributed by atoms with Gasteiger partial charge in [-0.3, -0.25) is 0 Å². The van der Waals surface area contributed by atoms with Gasteiger partial charge in [0.25, 0.3) is 0 Å². The van der Waals surface area contributed by atoms with Crippen molar-refractivity contribution in [1.29, 1.82) is 0 Å². The van der Waals surface area contributed by atoms with Gasteiger partial charge in [-0.15, -0.1) is 11.3 Å². The second-order valence-electron chi connectivity index (χ2n) is 4.61. The summed E-state index contributed by atoms with van der Waals surface area (Å²) in [6, 6.07) is 5.72. The lowest BCUT2D eigenvalue weighted by molar-refractivity contribution is 0.560. The van der Waals surface area contributed by atoms with E-state index in [0.717, 1.165) is 10.9 Å². The lowest BCUT2D eigenvalue weighted by Gasteiger charge is -2.15. The van der Waals surface area contributed by atoms with E-state index in [1.807, 2.05) is 17.5 Å². The largest absolute Gasteiger partial charge is 0.398 e. The van der Waals surface area contributed by atoms with Gasteiger partial charge in [0.15, 0.2) is 0 Å². The molecule has 1 aromatic heterocycles. The molecule has 0 aliphatic heterocycles. The fourth-order valence-corrected chi connectivity index (χ4v) is 4.59. The number of halogens is 2. The van der Waals surface area contributed by atoms with Crippen molar-refractivity contribution in [3.63, 3.8) is 0 Å². The molecule has 1 heterocycles. The van der Waals surface area contributed by atoms with Crippen molar-refractivity contribution in [2.24, 2.45) is 0 Å². The highest BCUT2D eigenvalue weighted by Crippen LogP contribution is 2.26. The van der Waals surface area contributed by atoms with Crippen molar-refractivity contribution in [2.45, 2.75) is 24.3 Å². The van der Waals surface area contributed by atoms with Crippen LogP contribution in [0.15, 0.2) is 39.0 Å². The molecule has 1 aromatic carbocycles. The molecule has 2 rings (SSSR count).